The van der Waals surface area contributed by atoms with Gasteiger partial charge in [0.1, 0.15) is 12.4 Å². The van der Waals surface area contributed by atoms with E-state index < -0.39 is 34.2 Å². The lowest BCUT2D eigenvalue weighted by Gasteiger charge is -2.60. The fourth-order valence-electron chi connectivity index (χ4n) is 9.19. The molecule has 4 aliphatic carbocycles. The van der Waals surface area contributed by atoms with Crippen LogP contribution in [0.2, 0.25) is 0 Å². The summed E-state index contributed by atoms with van der Waals surface area (Å²) in [7, 11) is 0. The standard InChI is InChI=1S/C31H34FN3O5S/c1-29-12-17-14-34-35(20-6-4-19(32)5-7-20)24(17)11-18(29)3-8-21-22-9-10-31(28(38)41,30(22,2)13-25(36)26(21)29)40-27(37)23-15-39-16-33-23/h4-7,11,14,16,21-23,25-26,36H,3,8-10,12-13,15H2,1-2H3,(H,38,41)/t21-,22-,23?,25-,26+,29-,30-,31-/m0/s1. The van der Waals surface area contributed by atoms with Gasteiger partial charge in [-0.3, -0.25) is 4.79 Å². The summed E-state index contributed by atoms with van der Waals surface area (Å²) in [5, 5.41) is 16.1. The van der Waals surface area contributed by atoms with E-state index in [0.717, 1.165) is 42.6 Å². The molecule has 7 rings (SSSR count). The van der Waals surface area contributed by atoms with Crippen molar-refractivity contribution in [2.45, 2.75) is 70.1 Å². The highest BCUT2D eigenvalue weighted by Crippen LogP contribution is 2.68. The Kier molecular flexibility index (Phi) is 6.07. The second-order valence-corrected chi connectivity index (χ2v) is 13.3. The van der Waals surface area contributed by atoms with Crippen LogP contribution in [0, 0.1) is 34.4 Å². The molecule has 1 unspecified atom stereocenters. The van der Waals surface area contributed by atoms with Crippen molar-refractivity contribution < 1.29 is 28.6 Å². The lowest BCUT2D eigenvalue weighted by Crippen LogP contribution is -2.62. The summed E-state index contributed by atoms with van der Waals surface area (Å²) in [5.41, 5.74) is 1.74. The van der Waals surface area contributed by atoms with E-state index in [9.17, 15) is 19.1 Å². The second-order valence-electron chi connectivity index (χ2n) is 12.9. The molecule has 0 bridgehead atoms. The Bertz CT molecular complexity index is 1490. The van der Waals surface area contributed by atoms with E-state index in [1.807, 2.05) is 17.8 Å². The predicted molar refractivity (Wildman–Crippen MR) is 152 cm³/mol. The monoisotopic (exact) mass is 579 g/mol. The van der Waals surface area contributed by atoms with Crippen molar-refractivity contribution in [3.8, 4) is 5.69 Å². The number of ether oxygens (including phenoxy) is 2. The first-order valence-corrected chi connectivity index (χ1v) is 14.8. The zero-order chi connectivity index (χ0) is 28.7. The highest BCUT2D eigenvalue weighted by Gasteiger charge is 2.70. The molecule has 2 aromatic rings. The van der Waals surface area contributed by atoms with Crippen LogP contribution in [-0.2, 0) is 25.5 Å². The average molecular weight is 580 g/mol. The zero-order valence-corrected chi connectivity index (χ0v) is 24.0. The maximum absolute atomic E-state index is 13.6. The molecule has 216 valence electrons. The maximum atomic E-state index is 13.6. The molecule has 8 nitrogen and oxygen atoms in total. The van der Waals surface area contributed by atoms with E-state index in [2.05, 4.69) is 35.7 Å². The summed E-state index contributed by atoms with van der Waals surface area (Å²) in [6.45, 7) is 4.35. The molecule has 1 aromatic carbocycles. The van der Waals surface area contributed by atoms with E-state index in [1.54, 1.807) is 12.1 Å². The largest absolute Gasteiger partial charge is 0.481 e. The molecule has 0 amide bonds. The fraction of sp³-hybridized carbons (Fsp3) is 0.548. The number of aromatic nitrogens is 2. The topological polar surface area (TPSA) is 103 Å². The third kappa shape index (κ3) is 3.75. The summed E-state index contributed by atoms with van der Waals surface area (Å²) in [6, 6.07) is 5.54. The van der Waals surface area contributed by atoms with Crippen molar-refractivity contribution in [1.29, 1.82) is 0 Å². The minimum atomic E-state index is -1.42. The number of aliphatic imine (C=N–C) groups is 1. The number of hydrogen-bond acceptors (Lipinski definition) is 7. The number of thiol groups is 1. The first-order valence-electron chi connectivity index (χ1n) is 14.4. The minimum absolute atomic E-state index is 0.0164. The normalized spacial score (nSPS) is 38.7. The Balaban J connectivity index is 1.21. The van der Waals surface area contributed by atoms with Gasteiger partial charge >= 0.3 is 5.97 Å². The van der Waals surface area contributed by atoms with Crippen LogP contribution in [0.1, 0.15) is 57.2 Å². The number of allylic oxidation sites excluding steroid dienone is 1. The maximum Gasteiger partial charge on any atom is 0.335 e. The molecule has 1 aliphatic heterocycles. The minimum Gasteiger partial charge on any atom is -0.481 e. The highest BCUT2D eigenvalue weighted by molar-refractivity contribution is 7.96. The van der Waals surface area contributed by atoms with Gasteiger partial charge in [-0.2, -0.15) is 5.10 Å². The quantitative estimate of drug-likeness (QED) is 0.413. The molecule has 8 atom stereocenters. The zero-order valence-electron chi connectivity index (χ0n) is 23.1. The number of halogens is 1. The van der Waals surface area contributed by atoms with Crippen molar-refractivity contribution >= 4 is 36.2 Å². The van der Waals surface area contributed by atoms with Gasteiger partial charge in [-0.25, -0.2) is 18.9 Å². The molecule has 0 saturated heterocycles. The van der Waals surface area contributed by atoms with Gasteiger partial charge in [-0.15, -0.1) is 12.6 Å². The number of rotatable bonds is 4. The molecular formula is C31H34FN3O5S. The smallest absolute Gasteiger partial charge is 0.335 e. The molecule has 1 N–H and O–H groups in total. The Labute approximate surface area is 243 Å². The molecule has 3 saturated carbocycles. The number of carbonyl (C=O) groups excluding carboxylic acids is 2. The van der Waals surface area contributed by atoms with Gasteiger partial charge in [0.15, 0.2) is 18.0 Å². The summed E-state index contributed by atoms with van der Waals surface area (Å²) in [6.07, 6.45) is 8.55. The van der Waals surface area contributed by atoms with Crippen LogP contribution >= 0.6 is 12.6 Å². The van der Waals surface area contributed by atoms with Gasteiger partial charge in [0.25, 0.3) is 0 Å². The third-order valence-electron chi connectivity index (χ3n) is 11.1. The van der Waals surface area contributed by atoms with Crippen molar-refractivity contribution in [2.75, 3.05) is 6.61 Å². The van der Waals surface area contributed by atoms with Crippen LogP contribution in [-0.4, -0.2) is 56.7 Å². The summed E-state index contributed by atoms with van der Waals surface area (Å²) >= 11 is 4.27. The van der Waals surface area contributed by atoms with E-state index in [4.69, 9.17) is 9.47 Å². The number of nitrogens with zero attached hydrogens (tertiary/aromatic N) is 3. The molecular weight excluding hydrogens is 545 g/mol. The average Bonchev–Trinajstić information content (AvgIpc) is 3.66. The Morgan fingerprint density at radius 3 is 2.71 bits per heavy atom. The fourth-order valence-corrected chi connectivity index (χ4v) is 9.60. The molecule has 2 heterocycles. The Hall–Kier alpha value is -2.98. The van der Waals surface area contributed by atoms with Gasteiger partial charge in [0, 0.05) is 5.41 Å². The van der Waals surface area contributed by atoms with Crippen LogP contribution in [0.5, 0.6) is 0 Å². The van der Waals surface area contributed by atoms with Crippen LogP contribution in [0.3, 0.4) is 0 Å². The van der Waals surface area contributed by atoms with E-state index in [-0.39, 0.29) is 35.6 Å². The van der Waals surface area contributed by atoms with E-state index in [1.165, 1.54) is 24.1 Å². The molecule has 0 spiro atoms. The summed E-state index contributed by atoms with van der Waals surface area (Å²) < 4.78 is 26.6. The number of fused-ring (bicyclic) bond motifs is 6. The summed E-state index contributed by atoms with van der Waals surface area (Å²) in [5.74, 6) is -0.648. The lowest BCUT2D eigenvalue weighted by atomic mass is 9.45. The van der Waals surface area contributed by atoms with Crippen molar-refractivity contribution in [3.05, 3.63) is 53.1 Å². The Morgan fingerprint density at radius 1 is 1.22 bits per heavy atom. The number of hydrogen-bond donors (Lipinski definition) is 2. The highest BCUT2D eigenvalue weighted by atomic mass is 32.1. The Morgan fingerprint density at radius 2 is 2.00 bits per heavy atom. The van der Waals surface area contributed by atoms with Gasteiger partial charge in [-0.05, 0) is 97.6 Å². The first kappa shape index (κ1) is 26.9. The molecule has 41 heavy (non-hydrogen) atoms. The molecule has 1 aromatic heterocycles. The van der Waals surface area contributed by atoms with E-state index >= 15 is 0 Å². The molecule has 0 radical (unpaired) electrons. The molecule has 10 heteroatoms. The van der Waals surface area contributed by atoms with Gasteiger partial charge in [0.2, 0.25) is 5.12 Å². The van der Waals surface area contributed by atoms with Crippen molar-refractivity contribution in [2.24, 2.45) is 33.6 Å². The van der Waals surface area contributed by atoms with Crippen LogP contribution < -0.4 is 0 Å². The van der Waals surface area contributed by atoms with Gasteiger partial charge in [0.05, 0.1) is 23.7 Å². The van der Waals surface area contributed by atoms with E-state index in [0.29, 0.717) is 12.8 Å². The predicted octanol–water partition coefficient (Wildman–Crippen LogP) is 4.33. The molecule has 5 aliphatic rings. The van der Waals surface area contributed by atoms with Crippen LogP contribution in [0.15, 0.2) is 41.0 Å². The SMILES string of the molecule is C[C@]12Cc3cnn(-c4ccc(F)cc4)c3C=C1CC[C@@H]1[C@@H]2[C@@H](O)C[C@@]2(C)[C@H]1CC[C@]2(OC(=O)C1COC=N1)C(=O)S. The van der Waals surface area contributed by atoms with Crippen LogP contribution in [0.25, 0.3) is 11.8 Å². The van der Waals surface area contributed by atoms with Gasteiger partial charge in [-0.1, -0.05) is 19.4 Å². The van der Waals surface area contributed by atoms with Crippen LogP contribution in [0.4, 0.5) is 4.39 Å². The number of aliphatic hydroxyl groups excluding tert-OH is 1. The second kappa shape index (κ2) is 9.26. The summed E-state index contributed by atoms with van der Waals surface area (Å²) in [4.78, 5) is 30.3. The number of aliphatic hydroxyl groups is 1. The van der Waals surface area contributed by atoms with Crippen molar-refractivity contribution in [1.82, 2.24) is 9.78 Å². The van der Waals surface area contributed by atoms with Crippen molar-refractivity contribution in [3.63, 3.8) is 0 Å². The number of esters is 1. The van der Waals surface area contributed by atoms with Gasteiger partial charge < -0.3 is 14.6 Å². The molecule has 3 fully saturated rings. The lowest BCUT2D eigenvalue weighted by molar-refractivity contribution is -0.197. The number of benzene rings is 1. The number of carbonyl (C=O) groups is 2. The third-order valence-corrected chi connectivity index (χ3v) is 11.4. The first-order chi connectivity index (χ1) is 19.6.